The van der Waals surface area contributed by atoms with Gasteiger partial charge in [0.15, 0.2) is 15.7 Å². The number of anilines is 1. The van der Waals surface area contributed by atoms with Gasteiger partial charge in [-0.3, -0.25) is 9.78 Å². The highest BCUT2D eigenvalue weighted by Gasteiger charge is 2.29. The Bertz CT molecular complexity index is 1070. The van der Waals surface area contributed by atoms with Gasteiger partial charge in [0.1, 0.15) is 11.8 Å². The molecule has 1 saturated carbocycles. The van der Waals surface area contributed by atoms with E-state index in [1.807, 2.05) is 13.8 Å². The molecule has 3 rings (SSSR count). The van der Waals surface area contributed by atoms with Crippen LogP contribution in [-0.2, 0) is 14.6 Å². The Morgan fingerprint density at radius 2 is 1.88 bits per heavy atom. The van der Waals surface area contributed by atoms with Crippen LogP contribution in [-0.4, -0.2) is 35.7 Å². The molecule has 2 atom stereocenters. The molecule has 1 aliphatic carbocycles. The minimum atomic E-state index is -3.47. The lowest BCUT2D eigenvalue weighted by molar-refractivity contribution is -0.118. The summed E-state index contributed by atoms with van der Waals surface area (Å²) >= 11 is 6.27. The molecule has 1 heterocycles. The molecule has 0 saturated heterocycles. The van der Waals surface area contributed by atoms with E-state index >= 15 is 0 Å². The Morgan fingerprint density at radius 1 is 1.22 bits per heavy atom. The summed E-state index contributed by atoms with van der Waals surface area (Å²) in [6, 6.07) is 4.68. The van der Waals surface area contributed by atoms with Crippen molar-refractivity contribution < 1.29 is 18.3 Å². The van der Waals surface area contributed by atoms with Crippen LogP contribution in [0.1, 0.15) is 69.2 Å². The molecule has 0 aliphatic heterocycles. The summed E-state index contributed by atoms with van der Waals surface area (Å²) in [5.74, 6) is -0.275. The van der Waals surface area contributed by atoms with Gasteiger partial charge in [0.05, 0.1) is 15.8 Å². The van der Waals surface area contributed by atoms with E-state index < -0.39 is 21.9 Å². The van der Waals surface area contributed by atoms with Gasteiger partial charge in [-0.2, -0.15) is 0 Å². The van der Waals surface area contributed by atoms with Crippen molar-refractivity contribution in [1.82, 2.24) is 9.97 Å². The maximum absolute atomic E-state index is 13.4. The third-order valence-corrected chi connectivity index (χ3v) is 7.58. The number of nitrogens with zero attached hydrogens (tertiary/aromatic N) is 2. The average molecular weight is 480 g/mol. The molecule has 2 unspecified atom stereocenters. The lowest BCUT2D eigenvalue weighted by Crippen LogP contribution is -2.25. The Balaban J connectivity index is 1.93. The van der Waals surface area contributed by atoms with E-state index in [0.717, 1.165) is 31.9 Å². The molecule has 7 nitrogen and oxygen atoms in total. The van der Waals surface area contributed by atoms with E-state index in [0.29, 0.717) is 23.6 Å². The quantitative estimate of drug-likeness (QED) is 0.575. The molecule has 32 heavy (non-hydrogen) atoms. The van der Waals surface area contributed by atoms with Crippen LogP contribution >= 0.6 is 11.6 Å². The number of benzene rings is 1. The van der Waals surface area contributed by atoms with E-state index in [1.165, 1.54) is 18.5 Å². The molecule has 174 valence electrons. The third kappa shape index (κ3) is 5.85. The summed E-state index contributed by atoms with van der Waals surface area (Å²) in [6.45, 7) is 3.72. The van der Waals surface area contributed by atoms with Gasteiger partial charge in [-0.1, -0.05) is 57.2 Å². The number of sulfone groups is 1. The summed E-state index contributed by atoms with van der Waals surface area (Å²) in [5.41, 5.74) is 0.975. The van der Waals surface area contributed by atoms with Crippen LogP contribution in [0.3, 0.4) is 0 Å². The second-order valence-corrected chi connectivity index (χ2v) is 11.3. The molecular weight excluding hydrogens is 450 g/mol. The van der Waals surface area contributed by atoms with Crippen LogP contribution in [0, 0.1) is 11.8 Å². The highest BCUT2D eigenvalue weighted by Crippen LogP contribution is 2.37. The van der Waals surface area contributed by atoms with Gasteiger partial charge in [-0.25, -0.2) is 13.4 Å². The van der Waals surface area contributed by atoms with Crippen LogP contribution in [0.5, 0.6) is 0 Å². The Morgan fingerprint density at radius 3 is 2.47 bits per heavy atom. The predicted octanol–water partition coefficient (Wildman–Crippen LogP) is 4.53. The number of rotatable bonds is 8. The molecule has 0 spiro atoms. The maximum Gasteiger partial charge on any atom is 0.233 e. The number of hydrogen-bond acceptors (Lipinski definition) is 6. The Kier molecular flexibility index (Phi) is 7.90. The van der Waals surface area contributed by atoms with Crippen molar-refractivity contribution in [2.24, 2.45) is 11.8 Å². The first-order chi connectivity index (χ1) is 15.1. The second-order valence-electron chi connectivity index (χ2n) is 8.87. The maximum atomic E-state index is 13.4. The van der Waals surface area contributed by atoms with Crippen molar-refractivity contribution in [3.8, 4) is 0 Å². The number of aromatic nitrogens is 2. The summed E-state index contributed by atoms with van der Waals surface area (Å²) in [7, 11) is -3.47. The van der Waals surface area contributed by atoms with Crippen LogP contribution in [0.25, 0.3) is 0 Å². The summed E-state index contributed by atoms with van der Waals surface area (Å²) in [5, 5.41) is 13.4. The SMILES string of the molecule is CC(C)C(O)c1nccnc1NC(=O)C(CC1CCCC1)c1ccc(S(C)(=O)=O)c(Cl)c1. The van der Waals surface area contributed by atoms with Crippen LogP contribution in [0.15, 0.2) is 35.5 Å². The smallest absolute Gasteiger partial charge is 0.233 e. The van der Waals surface area contributed by atoms with Crippen LogP contribution in [0.2, 0.25) is 5.02 Å². The first-order valence-corrected chi connectivity index (χ1v) is 13.1. The molecule has 1 aromatic carbocycles. The zero-order chi connectivity index (χ0) is 23.5. The van der Waals surface area contributed by atoms with Crippen molar-refractivity contribution >= 4 is 33.2 Å². The monoisotopic (exact) mass is 479 g/mol. The van der Waals surface area contributed by atoms with Crippen molar-refractivity contribution in [3.63, 3.8) is 0 Å². The number of nitrogens with one attached hydrogen (secondary N) is 1. The van der Waals surface area contributed by atoms with Crippen LogP contribution in [0.4, 0.5) is 5.82 Å². The molecule has 0 radical (unpaired) electrons. The van der Waals surface area contributed by atoms with Gasteiger partial charge in [0, 0.05) is 18.6 Å². The van der Waals surface area contributed by atoms with E-state index in [-0.39, 0.29) is 27.6 Å². The van der Waals surface area contributed by atoms with E-state index in [9.17, 15) is 18.3 Å². The van der Waals surface area contributed by atoms with Crippen molar-refractivity contribution in [1.29, 1.82) is 0 Å². The van der Waals surface area contributed by atoms with Gasteiger partial charge < -0.3 is 10.4 Å². The summed E-state index contributed by atoms with van der Waals surface area (Å²) < 4.78 is 23.9. The zero-order valence-corrected chi connectivity index (χ0v) is 20.2. The second kappa shape index (κ2) is 10.3. The standard InChI is InChI=1S/C23H30ClN3O4S/c1-14(2)21(28)20-22(26-11-10-25-20)27-23(29)17(12-15-6-4-5-7-15)16-8-9-19(18(24)13-16)32(3,30)31/h8-11,13-15,17,21,28H,4-7,12H2,1-3H3,(H,26,27,29). The van der Waals surface area contributed by atoms with Gasteiger partial charge in [-0.15, -0.1) is 0 Å². The molecule has 9 heteroatoms. The van der Waals surface area contributed by atoms with E-state index in [2.05, 4.69) is 15.3 Å². The highest BCUT2D eigenvalue weighted by atomic mass is 35.5. The molecule has 1 amide bonds. The van der Waals surface area contributed by atoms with E-state index in [4.69, 9.17) is 11.6 Å². The lowest BCUT2D eigenvalue weighted by atomic mass is 9.87. The number of amides is 1. The first kappa shape index (κ1) is 24.6. The van der Waals surface area contributed by atoms with Gasteiger partial charge >= 0.3 is 0 Å². The van der Waals surface area contributed by atoms with Gasteiger partial charge in [0.25, 0.3) is 0 Å². The van der Waals surface area contributed by atoms with Crippen molar-refractivity contribution in [2.75, 3.05) is 11.6 Å². The third-order valence-electron chi connectivity index (χ3n) is 6.00. The molecular formula is C23H30ClN3O4S. The number of aliphatic hydroxyl groups is 1. The highest BCUT2D eigenvalue weighted by molar-refractivity contribution is 7.90. The van der Waals surface area contributed by atoms with Crippen molar-refractivity contribution in [2.45, 2.75) is 62.9 Å². The largest absolute Gasteiger partial charge is 0.386 e. The lowest BCUT2D eigenvalue weighted by Gasteiger charge is -2.22. The summed E-state index contributed by atoms with van der Waals surface area (Å²) in [4.78, 5) is 21.9. The van der Waals surface area contributed by atoms with E-state index in [1.54, 1.807) is 12.1 Å². The minimum Gasteiger partial charge on any atom is -0.386 e. The minimum absolute atomic E-state index is 0.0409. The molecule has 1 fully saturated rings. The molecule has 0 bridgehead atoms. The molecule has 2 N–H and O–H groups in total. The molecule has 2 aromatic rings. The van der Waals surface area contributed by atoms with Crippen molar-refractivity contribution in [3.05, 3.63) is 46.9 Å². The van der Waals surface area contributed by atoms with Crippen LogP contribution < -0.4 is 5.32 Å². The fraction of sp³-hybridized carbons (Fsp3) is 0.522. The predicted molar refractivity (Wildman–Crippen MR) is 124 cm³/mol. The fourth-order valence-electron chi connectivity index (χ4n) is 4.19. The normalized spacial score (nSPS) is 16.8. The number of carbonyl (C=O) groups is 1. The Hall–Kier alpha value is -2.03. The number of aliphatic hydroxyl groups excluding tert-OH is 1. The summed E-state index contributed by atoms with van der Waals surface area (Å²) in [6.07, 6.45) is 8.21. The average Bonchev–Trinajstić information content (AvgIpc) is 3.24. The number of carbonyl (C=O) groups excluding carboxylic acids is 1. The molecule has 1 aromatic heterocycles. The fourth-order valence-corrected chi connectivity index (χ4v) is 5.53. The number of halogens is 1. The molecule has 1 aliphatic rings. The Labute approximate surface area is 194 Å². The van der Waals surface area contributed by atoms with Gasteiger partial charge in [-0.05, 0) is 36.0 Å². The first-order valence-electron chi connectivity index (χ1n) is 10.9. The van der Waals surface area contributed by atoms with Gasteiger partial charge in [0.2, 0.25) is 5.91 Å². The number of hydrogen-bond donors (Lipinski definition) is 2. The topological polar surface area (TPSA) is 109 Å². The zero-order valence-electron chi connectivity index (χ0n) is 18.6.